The molecule has 1 heterocycles. The number of hydrogen-bond donors (Lipinski definition) is 2. The van der Waals surface area contributed by atoms with E-state index in [-0.39, 0.29) is 23.8 Å². The fourth-order valence-electron chi connectivity index (χ4n) is 2.91. The van der Waals surface area contributed by atoms with Gasteiger partial charge in [-0.3, -0.25) is 4.79 Å². The van der Waals surface area contributed by atoms with Gasteiger partial charge in [-0.25, -0.2) is 17.5 Å². The third-order valence-electron chi connectivity index (χ3n) is 4.52. The number of benzene rings is 3. The molecule has 0 unspecified atom stereocenters. The zero-order valence-electron chi connectivity index (χ0n) is 15.9. The maximum Gasteiger partial charge on any atom is 0.258 e. The molecule has 0 spiro atoms. The Hall–Kier alpha value is -2.95. The van der Waals surface area contributed by atoms with Crippen molar-refractivity contribution >= 4 is 37.5 Å². The van der Waals surface area contributed by atoms with Crippen LogP contribution in [0.5, 0.6) is 11.5 Å². The predicted octanol–water partition coefficient (Wildman–Crippen LogP) is 4.05. The molecule has 1 aliphatic rings. The monoisotopic (exact) mass is 506 g/mol. The zero-order chi connectivity index (χ0) is 22.0. The van der Waals surface area contributed by atoms with Crippen LogP contribution in [0, 0.1) is 5.82 Å². The molecule has 0 aliphatic carbocycles. The summed E-state index contributed by atoms with van der Waals surface area (Å²) in [7, 11) is -4.00. The van der Waals surface area contributed by atoms with Crippen LogP contribution in [0.1, 0.15) is 15.9 Å². The Balaban J connectivity index is 1.52. The topological polar surface area (TPSA) is 93.7 Å². The Morgan fingerprint density at radius 2 is 1.81 bits per heavy atom. The summed E-state index contributed by atoms with van der Waals surface area (Å²) in [4.78, 5) is 12.3. The largest absolute Gasteiger partial charge is 0.454 e. The van der Waals surface area contributed by atoms with E-state index < -0.39 is 21.7 Å². The van der Waals surface area contributed by atoms with Crippen LogP contribution in [-0.2, 0) is 16.6 Å². The number of nitrogens with one attached hydrogen (secondary N) is 2. The summed E-state index contributed by atoms with van der Waals surface area (Å²) in [6.07, 6.45) is 0. The molecule has 31 heavy (non-hydrogen) atoms. The van der Waals surface area contributed by atoms with Gasteiger partial charge in [0, 0.05) is 11.0 Å². The molecule has 4 rings (SSSR count). The molecule has 7 nitrogen and oxygen atoms in total. The van der Waals surface area contributed by atoms with E-state index in [9.17, 15) is 17.6 Å². The van der Waals surface area contributed by atoms with E-state index in [1.165, 1.54) is 0 Å². The Bertz CT molecular complexity index is 1270. The normalized spacial score (nSPS) is 12.6. The van der Waals surface area contributed by atoms with Gasteiger partial charge in [0.05, 0.1) is 16.1 Å². The number of fused-ring (bicyclic) bond motifs is 1. The maximum atomic E-state index is 14.3. The molecule has 1 amide bonds. The number of sulfonamides is 1. The van der Waals surface area contributed by atoms with Crippen molar-refractivity contribution in [1.82, 2.24) is 4.72 Å². The first-order valence-electron chi connectivity index (χ1n) is 9.07. The minimum atomic E-state index is -4.00. The molecular formula is C21H16BrFN2O5S. The Morgan fingerprint density at radius 3 is 2.61 bits per heavy atom. The lowest BCUT2D eigenvalue weighted by Crippen LogP contribution is -2.24. The molecule has 10 heteroatoms. The molecule has 0 saturated carbocycles. The van der Waals surface area contributed by atoms with Crippen molar-refractivity contribution in [2.45, 2.75) is 11.4 Å². The minimum absolute atomic E-state index is 0.0190. The van der Waals surface area contributed by atoms with Crippen molar-refractivity contribution in [3.8, 4) is 11.5 Å². The fourth-order valence-corrected chi connectivity index (χ4v) is 4.34. The van der Waals surface area contributed by atoms with Gasteiger partial charge in [0.15, 0.2) is 11.5 Å². The second-order valence-electron chi connectivity index (χ2n) is 6.59. The van der Waals surface area contributed by atoms with E-state index in [0.29, 0.717) is 27.2 Å². The Kier molecular flexibility index (Phi) is 5.94. The molecular weight excluding hydrogens is 491 g/mol. The van der Waals surface area contributed by atoms with Crippen molar-refractivity contribution in [3.05, 3.63) is 82.1 Å². The summed E-state index contributed by atoms with van der Waals surface area (Å²) in [6.45, 7) is 0.0966. The first kappa shape index (κ1) is 21.3. The van der Waals surface area contributed by atoms with Crippen molar-refractivity contribution in [2.75, 3.05) is 12.1 Å². The molecule has 160 valence electrons. The standard InChI is InChI=1S/C21H16BrFN2O5S/c22-16-3-1-2-4-18(16)25-21(26)15-10-14(6-7-17(15)23)31(27,28)24-11-13-5-8-19-20(9-13)30-12-29-19/h1-10,24H,11-12H2,(H,25,26). The van der Waals surface area contributed by atoms with Gasteiger partial charge in [-0.1, -0.05) is 18.2 Å². The van der Waals surface area contributed by atoms with E-state index in [1.54, 1.807) is 42.5 Å². The molecule has 0 aromatic heterocycles. The summed E-state index contributed by atoms with van der Waals surface area (Å²) < 4.78 is 53.3. The van der Waals surface area contributed by atoms with Gasteiger partial charge in [0.25, 0.3) is 5.91 Å². The van der Waals surface area contributed by atoms with Crippen LogP contribution in [0.4, 0.5) is 10.1 Å². The third-order valence-corrected chi connectivity index (χ3v) is 6.61. The lowest BCUT2D eigenvalue weighted by Gasteiger charge is -2.11. The summed E-state index contributed by atoms with van der Waals surface area (Å²) in [6, 6.07) is 14.9. The number of carbonyl (C=O) groups is 1. The Morgan fingerprint density at radius 1 is 1.03 bits per heavy atom. The van der Waals surface area contributed by atoms with Crippen LogP contribution < -0.4 is 19.5 Å². The molecule has 0 radical (unpaired) electrons. The van der Waals surface area contributed by atoms with Gasteiger partial charge < -0.3 is 14.8 Å². The smallest absolute Gasteiger partial charge is 0.258 e. The number of hydrogen-bond acceptors (Lipinski definition) is 5. The molecule has 0 atom stereocenters. The summed E-state index contributed by atoms with van der Waals surface area (Å²) in [5.74, 6) is -0.480. The van der Waals surface area contributed by atoms with Crippen LogP contribution in [0.2, 0.25) is 0 Å². The van der Waals surface area contributed by atoms with E-state index in [4.69, 9.17) is 9.47 Å². The SMILES string of the molecule is O=C(Nc1ccccc1Br)c1cc(S(=O)(=O)NCc2ccc3c(c2)OCO3)ccc1F. The first-order valence-corrected chi connectivity index (χ1v) is 11.3. The highest BCUT2D eigenvalue weighted by Crippen LogP contribution is 2.32. The Labute approximate surface area is 186 Å². The average Bonchev–Trinajstić information content (AvgIpc) is 3.22. The molecule has 0 fully saturated rings. The molecule has 1 aliphatic heterocycles. The predicted molar refractivity (Wildman–Crippen MR) is 115 cm³/mol. The molecule has 0 saturated heterocycles. The van der Waals surface area contributed by atoms with E-state index in [0.717, 1.165) is 18.2 Å². The summed E-state index contributed by atoms with van der Waals surface area (Å²) in [5, 5.41) is 2.56. The molecule has 2 N–H and O–H groups in total. The number of para-hydroxylation sites is 1. The molecule has 3 aromatic rings. The number of ether oxygens (including phenoxy) is 2. The van der Waals surface area contributed by atoms with Crippen LogP contribution in [0.3, 0.4) is 0 Å². The van der Waals surface area contributed by atoms with Crippen LogP contribution >= 0.6 is 15.9 Å². The van der Waals surface area contributed by atoms with Crippen molar-refractivity contribution in [2.24, 2.45) is 0 Å². The fraction of sp³-hybridized carbons (Fsp3) is 0.0952. The quantitative estimate of drug-likeness (QED) is 0.525. The lowest BCUT2D eigenvalue weighted by atomic mass is 10.2. The van der Waals surface area contributed by atoms with Crippen molar-refractivity contribution in [1.29, 1.82) is 0 Å². The third kappa shape index (κ3) is 4.71. The van der Waals surface area contributed by atoms with Gasteiger partial charge in [-0.05, 0) is 64.0 Å². The van der Waals surface area contributed by atoms with E-state index >= 15 is 0 Å². The zero-order valence-corrected chi connectivity index (χ0v) is 18.3. The van der Waals surface area contributed by atoms with Gasteiger partial charge in [-0.2, -0.15) is 0 Å². The van der Waals surface area contributed by atoms with Crippen LogP contribution in [0.15, 0.2) is 70.0 Å². The summed E-state index contributed by atoms with van der Waals surface area (Å²) >= 11 is 3.29. The first-order chi connectivity index (χ1) is 14.8. The highest BCUT2D eigenvalue weighted by atomic mass is 79.9. The number of amides is 1. The lowest BCUT2D eigenvalue weighted by molar-refractivity contribution is 0.102. The van der Waals surface area contributed by atoms with Crippen LogP contribution in [-0.4, -0.2) is 21.1 Å². The second kappa shape index (κ2) is 8.66. The number of halogens is 2. The van der Waals surface area contributed by atoms with Gasteiger partial charge in [0.2, 0.25) is 16.8 Å². The molecule has 0 bridgehead atoms. The highest BCUT2D eigenvalue weighted by Gasteiger charge is 2.21. The van der Waals surface area contributed by atoms with E-state index in [1.807, 2.05) is 0 Å². The minimum Gasteiger partial charge on any atom is -0.454 e. The highest BCUT2D eigenvalue weighted by molar-refractivity contribution is 9.10. The molecule has 3 aromatic carbocycles. The maximum absolute atomic E-state index is 14.3. The number of anilines is 1. The van der Waals surface area contributed by atoms with Crippen molar-refractivity contribution in [3.63, 3.8) is 0 Å². The summed E-state index contributed by atoms with van der Waals surface area (Å²) in [5.41, 5.74) is 0.699. The van der Waals surface area contributed by atoms with E-state index in [2.05, 4.69) is 26.0 Å². The number of carbonyl (C=O) groups excluding carboxylic acids is 1. The van der Waals surface area contributed by atoms with Crippen LogP contribution in [0.25, 0.3) is 0 Å². The van der Waals surface area contributed by atoms with Gasteiger partial charge in [0.1, 0.15) is 5.82 Å². The average molecular weight is 507 g/mol. The van der Waals surface area contributed by atoms with Gasteiger partial charge in [-0.15, -0.1) is 0 Å². The van der Waals surface area contributed by atoms with Crippen molar-refractivity contribution < 1.29 is 27.1 Å². The van der Waals surface area contributed by atoms with Gasteiger partial charge >= 0.3 is 0 Å². The second-order valence-corrected chi connectivity index (χ2v) is 9.21. The number of rotatable bonds is 6.